The minimum absolute atomic E-state index is 0.000912. The van der Waals surface area contributed by atoms with Crippen LogP contribution in [0.25, 0.3) is 0 Å². The van der Waals surface area contributed by atoms with Gasteiger partial charge in [0.25, 0.3) is 5.56 Å². The molecule has 0 radical (unpaired) electrons. The van der Waals surface area contributed by atoms with Gasteiger partial charge in [-0.1, -0.05) is 13.8 Å². The number of H-pyrrole nitrogens is 1. The lowest BCUT2D eigenvalue weighted by Crippen LogP contribution is -2.41. The molecule has 1 heterocycles. The van der Waals surface area contributed by atoms with E-state index in [0.29, 0.717) is 10.3 Å². The molecule has 0 saturated carbocycles. The summed E-state index contributed by atoms with van der Waals surface area (Å²) in [4.78, 5) is 17.9. The Kier molecular flexibility index (Phi) is 4.49. The molecule has 0 bridgehead atoms. The summed E-state index contributed by atoms with van der Waals surface area (Å²) in [6.45, 7) is 3.96. The molecule has 0 unspecified atom stereocenters. The molecule has 1 aromatic heterocycles. The summed E-state index contributed by atoms with van der Waals surface area (Å²) in [6, 6.07) is 0. The minimum Gasteiger partial charge on any atom is -0.394 e. The summed E-state index contributed by atoms with van der Waals surface area (Å²) in [7, 11) is 0. The highest BCUT2D eigenvalue weighted by molar-refractivity contribution is 9.10. The smallest absolute Gasteiger partial charge is 0.267 e. The van der Waals surface area contributed by atoms with E-state index in [1.165, 1.54) is 6.33 Å². The Morgan fingerprint density at radius 3 is 2.69 bits per heavy atom. The van der Waals surface area contributed by atoms with Crippen LogP contribution < -0.4 is 10.9 Å². The second-order valence-electron chi connectivity index (χ2n) is 3.66. The molecule has 6 heteroatoms. The number of hydrogen-bond donors (Lipinski definition) is 3. The third-order valence-electron chi connectivity index (χ3n) is 2.84. The highest BCUT2D eigenvalue weighted by Gasteiger charge is 2.26. The third-order valence-corrected chi connectivity index (χ3v) is 3.57. The number of hydrogen-bond acceptors (Lipinski definition) is 4. The summed E-state index contributed by atoms with van der Waals surface area (Å²) in [6.07, 6.45) is 2.84. The van der Waals surface area contributed by atoms with Gasteiger partial charge in [0, 0.05) is 0 Å². The number of halogens is 1. The van der Waals surface area contributed by atoms with Crippen LogP contribution in [0.1, 0.15) is 26.7 Å². The molecule has 0 amide bonds. The molecule has 0 saturated heterocycles. The lowest BCUT2D eigenvalue weighted by atomic mass is 9.94. The summed E-state index contributed by atoms with van der Waals surface area (Å²) in [5.41, 5.74) is -0.667. The van der Waals surface area contributed by atoms with Gasteiger partial charge in [-0.15, -0.1) is 0 Å². The van der Waals surface area contributed by atoms with Gasteiger partial charge in [0.2, 0.25) is 0 Å². The molecule has 0 spiro atoms. The Hall–Kier alpha value is -0.880. The first-order valence-corrected chi connectivity index (χ1v) is 6.00. The average Bonchev–Trinajstić information content (AvgIpc) is 2.32. The zero-order chi connectivity index (χ0) is 12.2. The third kappa shape index (κ3) is 2.62. The molecule has 3 N–H and O–H groups in total. The van der Waals surface area contributed by atoms with Crippen LogP contribution in [0.2, 0.25) is 0 Å². The van der Waals surface area contributed by atoms with Gasteiger partial charge in [0.15, 0.2) is 0 Å². The Labute approximate surface area is 102 Å². The molecule has 0 atom stereocenters. The Bertz CT molecular complexity index is 393. The van der Waals surface area contributed by atoms with Gasteiger partial charge in [-0.25, -0.2) is 4.98 Å². The van der Waals surface area contributed by atoms with E-state index in [1.54, 1.807) is 0 Å². The van der Waals surface area contributed by atoms with Gasteiger partial charge in [0.1, 0.15) is 10.3 Å². The largest absolute Gasteiger partial charge is 0.394 e. The van der Waals surface area contributed by atoms with Crippen LogP contribution >= 0.6 is 15.9 Å². The Morgan fingerprint density at radius 1 is 1.56 bits per heavy atom. The Morgan fingerprint density at radius 2 is 2.19 bits per heavy atom. The predicted molar refractivity (Wildman–Crippen MR) is 66.6 cm³/mol. The van der Waals surface area contributed by atoms with Gasteiger partial charge in [-0.05, 0) is 28.8 Å². The van der Waals surface area contributed by atoms with Crippen LogP contribution in [0.3, 0.4) is 0 Å². The van der Waals surface area contributed by atoms with Crippen molar-refractivity contribution in [2.45, 2.75) is 32.2 Å². The quantitative estimate of drug-likeness (QED) is 0.768. The molecule has 1 aromatic rings. The first kappa shape index (κ1) is 13.2. The molecule has 90 valence electrons. The fourth-order valence-corrected chi connectivity index (χ4v) is 1.73. The number of aliphatic hydroxyl groups is 1. The van der Waals surface area contributed by atoms with Crippen LogP contribution in [-0.4, -0.2) is 27.2 Å². The van der Waals surface area contributed by atoms with Crippen molar-refractivity contribution in [3.8, 4) is 0 Å². The number of aromatic amines is 1. The van der Waals surface area contributed by atoms with Crippen LogP contribution in [-0.2, 0) is 0 Å². The zero-order valence-corrected chi connectivity index (χ0v) is 11.0. The van der Waals surface area contributed by atoms with Crippen LogP contribution in [0, 0.1) is 0 Å². The highest BCUT2D eigenvalue weighted by Crippen LogP contribution is 2.23. The van der Waals surface area contributed by atoms with Gasteiger partial charge < -0.3 is 15.4 Å². The van der Waals surface area contributed by atoms with Crippen molar-refractivity contribution >= 4 is 21.7 Å². The van der Waals surface area contributed by atoms with Crippen molar-refractivity contribution in [3.05, 3.63) is 21.2 Å². The number of anilines is 1. The molecule has 0 aromatic carbocycles. The number of rotatable bonds is 5. The maximum atomic E-state index is 11.3. The van der Waals surface area contributed by atoms with E-state index in [4.69, 9.17) is 0 Å². The van der Waals surface area contributed by atoms with E-state index in [1.807, 2.05) is 13.8 Å². The van der Waals surface area contributed by atoms with Crippen LogP contribution in [0.5, 0.6) is 0 Å². The van der Waals surface area contributed by atoms with Gasteiger partial charge >= 0.3 is 0 Å². The minimum atomic E-state index is -0.427. The van der Waals surface area contributed by atoms with Crippen molar-refractivity contribution < 1.29 is 5.11 Å². The van der Waals surface area contributed by atoms with Gasteiger partial charge in [-0.3, -0.25) is 4.79 Å². The molecule has 0 fully saturated rings. The van der Waals surface area contributed by atoms with E-state index in [-0.39, 0.29) is 12.2 Å². The molecule has 5 nitrogen and oxygen atoms in total. The zero-order valence-electron chi connectivity index (χ0n) is 9.38. The summed E-state index contributed by atoms with van der Waals surface area (Å²) >= 11 is 3.17. The summed E-state index contributed by atoms with van der Waals surface area (Å²) in [5.74, 6) is 0.460. The van der Waals surface area contributed by atoms with E-state index in [0.717, 1.165) is 12.8 Å². The van der Waals surface area contributed by atoms with Crippen molar-refractivity contribution in [2.75, 3.05) is 11.9 Å². The van der Waals surface area contributed by atoms with Crippen LogP contribution in [0.15, 0.2) is 15.6 Å². The predicted octanol–water partition coefficient (Wildman–Crippen LogP) is 1.50. The maximum absolute atomic E-state index is 11.3. The summed E-state index contributed by atoms with van der Waals surface area (Å²) < 4.78 is 0.356. The van der Waals surface area contributed by atoms with Crippen molar-refractivity contribution in [1.29, 1.82) is 0 Å². The fraction of sp³-hybridized carbons (Fsp3) is 0.600. The second-order valence-corrected chi connectivity index (χ2v) is 4.46. The standard InChI is InChI=1S/C10H16BrN3O2/c1-3-10(4-2,5-15)14-8-7(11)9(16)13-6-12-8/h6,15H,3-5H2,1-2H3,(H2,12,13,14,16). The SMILES string of the molecule is CCC(CC)(CO)Nc1nc[nH]c(=O)c1Br. The van der Waals surface area contributed by atoms with Crippen molar-refractivity contribution in [3.63, 3.8) is 0 Å². The molecule has 0 aliphatic carbocycles. The van der Waals surface area contributed by atoms with E-state index < -0.39 is 5.54 Å². The fourth-order valence-electron chi connectivity index (χ4n) is 1.41. The first-order valence-electron chi connectivity index (χ1n) is 5.20. The molecular formula is C10H16BrN3O2. The number of aliphatic hydroxyl groups excluding tert-OH is 1. The van der Waals surface area contributed by atoms with E-state index in [2.05, 4.69) is 31.2 Å². The molecule has 16 heavy (non-hydrogen) atoms. The van der Waals surface area contributed by atoms with Crippen molar-refractivity contribution in [1.82, 2.24) is 9.97 Å². The molecule has 1 rings (SSSR count). The number of aromatic nitrogens is 2. The highest BCUT2D eigenvalue weighted by atomic mass is 79.9. The lowest BCUT2D eigenvalue weighted by molar-refractivity contribution is 0.202. The molecule has 0 aliphatic rings. The average molecular weight is 290 g/mol. The Balaban J connectivity index is 3.03. The van der Waals surface area contributed by atoms with E-state index in [9.17, 15) is 9.90 Å². The van der Waals surface area contributed by atoms with Crippen LogP contribution in [0.4, 0.5) is 5.82 Å². The topological polar surface area (TPSA) is 78.0 Å². The molecular weight excluding hydrogens is 274 g/mol. The lowest BCUT2D eigenvalue weighted by Gasteiger charge is -2.31. The second kappa shape index (κ2) is 5.45. The van der Waals surface area contributed by atoms with E-state index >= 15 is 0 Å². The first-order chi connectivity index (χ1) is 7.58. The van der Waals surface area contributed by atoms with Gasteiger partial charge in [0.05, 0.1) is 18.5 Å². The van der Waals surface area contributed by atoms with Crippen molar-refractivity contribution in [2.24, 2.45) is 0 Å². The van der Waals surface area contributed by atoms with Gasteiger partial charge in [-0.2, -0.15) is 0 Å². The maximum Gasteiger partial charge on any atom is 0.267 e. The number of nitrogens with zero attached hydrogens (tertiary/aromatic N) is 1. The molecule has 0 aliphatic heterocycles. The monoisotopic (exact) mass is 289 g/mol. The summed E-state index contributed by atoms with van der Waals surface area (Å²) in [5, 5.41) is 12.5. The normalized spacial score (nSPS) is 11.5. The number of nitrogens with one attached hydrogen (secondary N) is 2.